The van der Waals surface area contributed by atoms with Crippen molar-refractivity contribution in [1.82, 2.24) is 0 Å². The Bertz CT molecular complexity index is 372. The number of aliphatic hydroxyl groups is 1. The normalized spacial score (nSPS) is 25.4. The molecular formula is C9H9BrClNO2. The van der Waals surface area contributed by atoms with E-state index < -0.39 is 12.1 Å². The maximum Gasteiger partial charge on any atom is 0.139 e. The predicted octanol–water partition coefficient (Wildman–Crippen LogP) is 1.86. The molecule has 2 rings (SSSR count). The standard InChI is InChI=1S/C9H9BrClNO2/c10-4-1-2-5(11)7-8(12)6(13)3-14-9(4)7/h1-2,6,8,13H,3,12H2. The van der Waals surface area contributed by atoms with Crippen LogP contribution in [0.5, 0.6) is 5.75 Å². The van der Waals surface area contributed by atoms with Crippen LogP contribution in [0.25, 0.3) is 0 Å². The summed E-state index contributed by atoms with van der Waals surface area (Å²) in [7, 11) is 0. The molecule has 2 unspecified atom stereocenters. The first kappa shape index (κ1) is 10.2. The number of aliphatic hydroxyl groups excluding tert-OH is 1. The van der Waals surface area contributed by atoms with Crippen molar-refractivity contribution in [3.63, 3.8) is 0 Å². The molecule has 0 amide bonds. The van der Waals surface area contributed by atoms with Crippen molar-refractivity contribution in [1.29, 1.82) is 0 Å². The lowest BCUT2D eigenvalue weighted by Crippen LogP contribution is -2.36. The van der Waals surface area contributed by atoms with Crippen LogP contribution in [-0.2, 0) is 0 Å². The molecule has 5 heteroatoms. The molecule has 3 N–H and O–H groups in total. The lowest BCUT2D eigenvalue weighted by Gasteiger charge is -2.29. The fraction of sp³-hybridized carbons (Fsp3) is 0.333. The molecule has 0 aromatic heterocycles. The number of ether oxygens (including phenoxy) is 1. The fourth-order valence-corrected chi connectivity index (χ4v) is 2.21. The second kappa shape index (κ2) is 3.70. The van der Waals surface area contributed by atoms with Gasteiger partial charge in [-0.3, -0.25) is 0 Å². The Morgan fingerprint density at radius 1 is 1.57 bits per heavy atom. The van der Waals surface area contributed by atoms with E-state index in [1.54, 1.807) is 12.1 Å². The molecule has 0 aliphatic carbocycles. The quantitative estimate of drug-likeness (QED) is 0.761. The number of fused-ring (bicyclic) bond motifs is 1. The largest absolute Gasteiger partial charge is 0.489 e. The second-order valence-corrected chi connectivity index (χ2v) is 4.44. The van der Waals surface area contributed by atoms with E-state index in [1.807, 2.05) is 0 Å². The van der Waals surface area contributed by atoms with E-state index in [0.717, 1.165) is 4.47 Å². The van der Waals surface area contributed by atoms with Gasteiger partial charge in [0.1, 0.15) is 18.5 Å². The molecule has 0 spiro atoms. The van der Waals surface area contributed by atoms with Gasteiger partial charge in [0.25, 0.3) is 0 Å². The zero-order valence-corrected chi connectivity index (χ0v) is 9.55. The van der Waals surface area contributed by atoms with Crippen molar-refractivity contribution in [2.75, 3.05) is 6.61 Å². The number of benzene rings is 1. The highest BCUT2D eigenvalue weighted by molar-refractivity contribution is 9.10. The summed E-state index contributed by atoms with van der Waals surface area (Å²) in [6.45, 7) is 0.201. The third-order valence-corrected chi connectivity index (χ3v) is 3.20. The van der Waals surface area contributed by atoms with Gasteiger partial charge in [0.2, 0.25) is 0 Å². The molecule has 3 nitrogen and oxygen atoms in total. The van der Waals surface area contributed by atoms with Gasteiger partial charge in [-0.15, -0.1) is 0 Å². The molecule has 1 aromatic carbocycles. The van der Waals surface area contributed by atoms with Gasteiger partial charge >= 0.3 is 0 Å². The first-order valence-corrected chi connectivity index (χ1v) is 5.32. The Kier molecular flexibility index (Phi) is 2.70. The Labute approximate surface area is 94.9 Å². The Morgan fingerprint density at radius 2 is 2.29 bits per heavy atom. The Morgan fingerprint density at radius 3 is 3.00 bits per heavy atom. The van der Waals surface area contributed by atoms with Crippen LogP contribution in [0.1, 0.15) is 11.6 Å². The maximum atomic E-state index is 9.52. The van der Waals surface area contributed by atoms with Crippen LogP contribution >= 0.6 is 27.5 Å². The molecular weight excluding hydrogens is 269 g/mol. The molecule has 0 fully saturated rings. The van der Waals surface area contributed by atoms with Crippen molar-refractivity contribution < 1.29 is 9.84 Å². The molecule has 1 heterocycles. The van der Waals surface area contributed by atoms with Gasteiger partial charge in [-0.25, -0.2) is 0 Å². The number of hydrogen-bond acceptors (Lipinski definition) is 3. The molecule has 0 bridgehead atoms. The minimum Gasteiger partial charge on any atom is -0.489 e. The monoisotopic (exact) mass is 277 g/mol. The van der Waals surface area contributed by atoms with E-state index in [-0.39, 0.29) is 6.61 Å². The fourth-order valence-electron chi connectivity index (χ4n) is 1.47. The molecule has 76 valence electrons. The van der Waals surface area contributed by atoms with Gasteiger partial charge in [0, 0.05) is 10.6 Å². The van der Waals surface area contributed by atoms with E-state index >= 15 is 0 Å². The van der Waals surface area contributed by atoms with Gasteiger partial charge in [0.15, 0.2) is 0 Å². The summed E-state index contributed by atoms with van der Waals surface area (Å²) in [6.07, 6.45) is -0.700. The van der Waals surface area contributed by atoms with Crippen LogP contribution in [0, 0.1) is 0 Å². The van der Waals surface area contributed by atoms with Crippen LogP contribution < -0.4 is 10.5 Å². The summed E-state index contributed by atoms with van der Waals surface area (Å²) in [5.74, 6) is 0.635. The van der Waals surface area contributed by atoms with Crippen molar-refractivity contribution in [2.24, 2.45) is 5.73 Å². The van der Waals surface area contributed by atoms with Gasteiger partial charge in [0.05, 0.1) is 10.5 Å². The molecule has 0 radical (unpaired) electrons. The molecule has 14 heavy (non-hydrogen) atoms. The van der Waals surface area contributed by atoms with Crippen molar-refractivity contribution >= 4 is 27.5 Å². The predicted molar refractivity (Wildman–Crippen MR) is 57.6 cm³/mol. The molecule has 2 atom stereocenters. The number of nitrogens with two attached hydrogens (primary N) is 1. The zero-order valence-electron chi connectivity index (χ0n) is 7.21. The third-order valence-electron chi connectivity index (χ3n) is 2.24. The van der Waals surface area contributed by atoms with Crippen LogP contribution in [0.3, 0.4) is 0 Å². The van der Waals surface area contributed by atoms with Gasteiger partial charge < -0.3 is 15.6 Å². The van der Waals surface area contributed by atoms with E-state index in [0.29, 0.717) is 16.3 Å². The summed E-state index contributed by atoms with van der Waals surface area (Å²) in [5.41, 5.74) is 6.49. The summed E-state index contributed by atoms with van der Waals surface area (Å²) in [6, 6.07) is 3.04. The summed E-state index contributed by atoms with van der Waals surface area (Å²) >= 11 is 9.33. The summed E-state index contributed by atoms with van der Waals surface area (Å²) in [4.78, 5) is 0. The van der Waals surface area contributed by atoms with Crippen LogP contribution in [0.15, 0.2) is 16.6 Å². The van der Waals surface area contributed by atoms with Crippen LogP contribution in [-0.4, -0.2) is 17.8 Å². The smallest absolute Gasteiger partial charge is 0.139 e. The number of halogens is 2. The summed E-state index contributed by atoms with van der Waals surface area (Å²) in [5, 5.41) is 10.0. The lowest BCUT2D eigenvalue weighted by atomic mass is 9.99. The van der Waals surface area contributed by atoms with Crippen LogP contribution in [0.2, 0.25) is 5.02 Å². The van der Waals surface area contributed by atoms with E-state index in [1.165, 1.54) is 0 Å². The molecule has 1 aromatic rings. The average Bonchev–Trinajstić information content (AvgIpc) is 2.16. The highest BCUT2D eigenvalue weighted by Crippen LogP contribution is 2.41. The van der Waals surface area contributed by atoms with Gasteiger partial charge in [-0.2, -0.15) is 0 Å². The minimum absolute atomic E-state index is 0.201. The SMILES string of the molecule is NC1c2c(Cl)ccc(Br)c2OCC1O. The lowest BCUT2D eigenvalue weighted by molar-refractivity contribution is 0.0674. The number of hydrogen-bond donors (Lipinski definition) is 2. The minimum atomic E-state index is -0.700. The van der Waals surface area contributed by atoms with E-state index in [2.05, 4.69) is 15.9 Å². The molecule has 0 saturated heterocycles. The zero-order chi connectivity index (χ0) is 10.3. The van der Waals surface area contributed by atoms with E-state index in [4.69, 9.17) is 22.1 Å². The first-order chi connectivity index (χ1) is 6.61. The topological polar surface area (TPSA) is 55.5 Å². The summed E-state index contributed by atoms with van der Waals surface area (Å²) < 4.78 is 6.16. The highest BCUT2D eigenvalue weighted by atomic mass is 79.9. The maximum absolute atomic E-state index is 9.52. The second-order valence-electron chi connectivity index (χ2n) is 3.18. The highest BCUT2D eigenvalue weighted by Gasteiger charge is 2.29. The van der Waals surface area contributed by atoms with E-state index in [9.17, 15) is 5.11 Å². The number of rotatable bonds is 0. The van der Waals surface area contributed by atoms with Crippen molar-refractivity contribution in [2.45, 2.75) is 12.1 Å². The van der Waals surface area contributed by atoms with Crippen LogP contribution in [0.4, 0.5) is 0 Å². The van der Waals surface area contributed by atoms with Gasteiger partial charge in [-0.05, 0) is 28.1 Å². The molecule has 1 aliphatic rings. The first-order valence-electron chi connectivity index (χ1n) is 4.15. The van der Waals surface area contributed by atoms with Gasteiger partial charge in [-0.1, -0.05) is 11.6 Å². The Balaban J connectivity index is 2.58. The third kappa shape index (κ3) is 1.52. The van der Waals surface area contributed by atoms with Crippen molar-refractivity contribution in [3.8, 4) is 5.75 Å². The average molecular weight is 279 g/mol. The Hall–Kier alpha value is -0.290. The molecule has 0 saturated carbocycles. The van der Waals surface area contributed by atoms with Crippen molar-refractivity contribution in [3.05, 3.63) is 27.2 Å². The molecule has 1 aliphatic heterocycles.